The molecule has 0 heteroatoms. The molecule has 4 rings (SSSR count). The molecule has 4 fully saturated rings. The molecular weight excluding hydrogens is 228 g/mol. The van der Waals surface area contributed by atoms with Crippen LogP contribution in [0.3, 0.4) is 0 Å². The molecule has 0 spiro atoms. The van der Waals surface area contributed by atoms with Crippen molar-refractivity contribution in [3.8, 4) is 0 Å². The Labute approximate surface area is 119 Å². The first-order valence-electron chi connectivity index (χ1n) is 9.28. The fourth-order valence-electron chi connectivity index (χ4n) is 7.05. The minimum Gasteiger partial charge on any atom is -0.0651 e. The normalized spacial score (nSPS) is 56.5. The Bertz CT molecular complexity index is 333. The summed E-state index contributed by atoms with van der Waals surface area (Å²) in [4.78, 5) is 0. The van der Waals surface area contributed by atoms with Crippen molar-refractivity contribution >= 4 is 0 Å². The average molecular weight is 260 g/mol. The van der Waals surface area contributed by atoms with Crippen molar-refractivity contribution in [2.24, 2.45) is 47.3 Å². The molecule has 0 heterocycles. The van der Waals surface area contributed by atoms with Crippen LogP contribution in [0.2, 0.25) is 0 Å². The highest BCUT2D eigenvalue weighted by Gasteiger charge is 2.54. The monoisotopic (exact) mass is 260 g/mol. The molecule has 0 aromatic rings. The quantitative estimate of drug-likeness (QED) is 0.582. The summed E-state index contributed by atoms with van der Waals surface area (Å²) in [5.74, 6) is 8.98. The molecule has 4 aliphatic rings. The molecule has 0 bridgehead atoms. The van der Waals surface area contributed by atoms with E-state index >= 15 is 0 Å². The van der Waals surface area contributed by atoms with E-state index in [1.807, 2.05) is 0 Å². The molecule has 0 nitrogen and oxygen atoms in total. The van der Waals surface area contributed by atoms with Crippen LogP contribution in [-0.4, -0.2) is 0 Å². The number of hydrogen-bond donors (Lipinski definition) is 0. The zero-order chi connectivity index (χ0) is 13.0. The van der Waals surface area contributed by atoms with Gasteiger partial charge in [-0.15, -0.1) is 0 Å². The maximum atomic E-state index is 2.59. The van der Waals surface area contributed by atoms with Gasteiger partial charge in [-0.25, -0.2) is 0 Å². The Balaban J connectivity index is 1.51. The zero-order valence-electron chi connectivity index (χ0n) is 13.0. The average Bonchev–Trinajstić information content (AvgIpc) is 2.93. The molecule has 4 aliphatic carbocycles. The Hall–Kier alpha value is 0. The fourth-order valence-corrected chi connectivity index (χ4v) is 7.05. The van der Waals surface area contributed by atoms with Crippen LogP contribution in [0, 0.1) is 47.3 Å². The molecule has 8 atom stereocenters. The molecule has 0 N–H and O–H groups in total. The molecule has 7 unspecified atom stereocenters. The van der Waals surface area contributed by atoms with Gasteiger partial charge < -0.3 is 0 Å². The van der Waals surface area contributed by atoms with Crippen LogP contribution >= 0.6 is 0 Å². The van der Waals surface area contributed by atoms with E-state index in [0.29, 0.717) is 0 Å². The third-order valence-corrected chi connectivity index (χ3v) is 8.05. The first-order valence-corrected chi connectivity index (χ1v) is 9.28. The van der Waals surface area contributed by atoms with Gasteiger partial charge in [-0.05, 0) is 73.0 Å². The van der Waals surface area contributed by atoms with Crippen molar-refractivity contribution in [2.75, 3.05) is 0 Å². The predicted molar refractivity (Wildman–Crippen MR) is 80.8 cm³/mol. The van der Waals surface area contributed by atoms with Gasteiger partial charge in [0.15, 0.2) is 0 Å². The topological polar surface area (TPSA) is 0 Å². The summed E-state index contributed by atoms with van der Waals surface area (Å²) in [5.41, 5.74) is 0. The van der Waals surface area contributed by atoms with E-state index in [1.54, 1.807) is 51.4 Å². The SMILES string of the molecule is CCC1CC2C3C[C@H]4CCCCC4CC3CC2C1C. The number of rotatable bonds is 1. The lowest BCUT2D eigenvalue weighted by Crippen LogP contribution is -2.33. The van der Waals surface area contributed by atoms with Gasteiger partial charge in [0, 0.05) is 0 Å². The first kappa shape index (κ1) is 12.7. The second-order valence-corrected chi connectivity index (χ2v) is 8.53. The maximum absolute atomic E-state index is 2.59. The van der Waals surface area contributed by atoms with Gasteiger partial charge in [0.25, 0.3) is 0 Å². The summed E-state index contributed by atoms with van der Waals surface area (Å²) in [6.07, 6.45) is 14.2. The van der Waals surface area contributed by atoms with E-state index in [-0.39, 0.29) is 0 Å². The summed E-state index contributed by atoms with van der Waals surface area (Å²) in [6, 6.07) is 0. The molecule has 0 amide bonds. The first-order chi connectivity index (χ1) is 9.28. The van der Waals surface area contributed by atoms with Crippen LogP contribution in [0.15, 0.2) is 0 Å². The Kier molecular flexibility index (Phi) is 3.20. The molecule has 19 heavy (non-hydrogen) atoms. The van der Waals surface area contributed by atoms with E-state index in [2.05, 4.69) is 13.8 Å². The standard InChI is InChI=1S/C19H32/c1-3-13-9-19-17(12(13)2)11-16-8-14-6-4-5-7-15(14)10-18(16)19/h12-19H,3-11H2,1-2H3/t12?,13?,14?,15-,16?,17?,18?,19?/m1/s1. The second kappa shape index (κ2) is 4.78. The van der Waals surface area contributed by atoms with Crippen molar-refractivity contribution in [1.29, 1.82) is 0 Å². The van der Waals surface area contributed by atoms with Crippen molar-refractivity contribution in [1.82, 2.24) is 0 Å². The molecule has 0 saturated heterocycles. The van der Waals surface area contributed by atoms with E-state index in [0.717, 1.165) is 47.3 Å². The van der Waals surface area contributed by atoms with Crippen molar-refractivity contribution in [3.05, 3.63) is 0 Å². The highest BCUT2D eigenvalue weighted by atomic mass is 14.6. The van der Waals surface area contributed by atoms with Crippen LogP contribution in [-0.2, 0) is 0 Å². The van der Waals surface area contributed by atoms with E-state index in [1.165, 1.54) is 6.42 Å². The van der Waals surface area contributed by atoms with Gasteiger partial charge in [0.2, 0.25) is 0 Å². The minimum absolute atomic E-state index is 1.04. The molecule has 0 aromatic carbocycles. The van der Waals surface area contributed by atoms with Crippen LogP contribution in [0.25, 0.3) is 0 Å². The lowest BCUT2D eigenvalue weighted by molar-refractivity contribution is 0.0740. The van der Waals surface area contributed by atoms with Crippen LogP contribution in [0.5, 0.6) is 0 Å². The van der Waals surface area contributed by atoms with Crippen molar-refractivity contribution in [2.45, 2.75) is 71.6 Å². The zero-order valence-corrected chi connectivity index (χ0v) is 13.0. The molecule has 108 valence electrons. The summed E-state index contributed by atoms with van der Waals surface area (Å²) in [7, 11) is 0. The summed E-state index contributed by atoms with van der Waals surface area (Å²) >= 11 is 0. The molecule has 0 aromatic heterocycles. The summed E-state index contributed by atoms with van der Waals surface area (Å²) in [5, 5.41) is 0. The van der Waals surface area contributed by atoms with E-state index in [4.69, 9.17) is 0 Å². The van der Waals surface area contributed by atoms with Gasteiger partial charge in [-0.2, -0.15) is 0 Å². The summed E-state index contributed by atoms with van der Waals surface area (Å²) in [6.45, 7) is 5.01. The van der Waals surface area contributed by atoms with Crippen LogP contribution in [0.4, 0.5) is 0 Å². The molecule has 4 saturated carbocycles. The van der Waals surface area contributed by atoms with Gasteiger partial charge in [-0.3, -0.25) is 0 Å². The van der Waals surface area contributed by atoms with Crippen LogP contribution < -0.4 is 0 Å². The van der Waals surface area contributed by atoms with Crippen LogP contribution in [0.1, 0.15) is 71.6 Å². The van der Waals surface area contributed by atoms with Gasteiger partial charge in [0.1, 0.15) is 0 Å². The lowest BCUT2D eigenvalue weighted by Gasteiger charge is -2.43. The van der Waals surface area contributed by atoms with Crippen molar-refractivity contribution in [3.63, 3.8) is 0 Å². The molecular formula is C19H32. The maximum Gasteiger partial charge on any atom is -0.0349 e. The number of hydrogen-bond acceptors (Lipinski definition) is 0. The third kappa shape index (κ3) is 1.92. The van der Waals surface area contributed by atoms with Gasteiger partial charge in [-0.1, -0.05) is 46.0 Å². The van der Waals surface area contributed by atoms with E-state index < -0.39 is 0 Å². The highest BCUT2D eigenvalue weighted by molar-refractivity contribution is 5.03. The lowest BCUT2D eigenvalue weighted by atomic mass is 9.62. The molecule has 0 radical (unpaired) electrons. The summed E-state index contributed by atoms with van der Waals surface area (Å²) < 4.78 is 0. The third-order valence-electron chi connectivity index (χ3n) is 8.05. The fraction of sp³-hybridized carbons (Fsp3) is 1.00. The Morgan fingerprint density at radius 1 is 0.737 bits per heavy atom. The number of fused-ring (bicyclic) bond motifs is 4. The molecule has 0 aliphatic heterocycles. The smallest absolute Gasteiger partial charge is 0.0349 e. The van der Waals surface area contributed by atoms with E-state index in [9.17, 15) is 0 Å². The Morgan fingerprint density at radius 3 is 2.16 bits per heavy atom. The Morgan fingerprint density at radius 2 is 1.42 bits per heavy atom. The second-order valence-electron chi connectivity index (χ2n) is 8.53. The minimum atomic E-state index is 1.04. The predicted octanol–water partition coefficient (Wildman–Crippen LogP) is 5.52. The highest BCUT2D eigenvalue weighted by Crippen LogP contribution is 2.62. The largest absolute Gasteiger partial charge is 0.0651 e. The van der Waals surface area contributed by atoms with Crippen molar-refractivity contribution < 1.29 is 0 Å². The van der Waals surface area contributed by atoms with Gasteiger partial charge >= 0.3 is 0 Å². The van der Waals surface area contributed by atoms with Gasteiger partial charge in [0.05, 0.1) is 0 Å².